The Morgan fingerprint density at radius 2 is 2.00 bits per heavy atom. The number of thioether (sulfide) groups is 1. The molecule has 2 rings (SSSR count). The van der Waals surface area contributed by atoms with Crippen LogP contribution in [0.3, 0.4) is 0 Å². The molecule has 2 atom stereocenters. The van der Waals surface area contributed by atoms with E-state index in [0.29, 0.717) is 17.5 Å². The zero-order valence-corrected chi connectivity index (χ0v) is 12.5. The van der Waals surface area contributed by atoms with E-state index in [1.54, 1.807) is 0 Å². The maximum Gasteiger partial charge on any atom is 0.0641 e. The lowest BCUT2D eigenvalue weighted by molar-refractivity contribution is -0.0656. The number of hydrogen-bond acceptors (Lipinski definition) is 3. The molecule has 0 aliphatic carbocycles. The Balaban J connectivity index is 1.91. The van der Waals surface area contributed by atoms with Crippen molar-refractivity contribution in [3.05, 3.63) is 0 Å². The average Bonchev–Trinajstić information content (AvgIpc) is 2.20. The topological polar surface area (TPSA) is 21.3 Å². The van der Waals surface area contributed by atoms with Crippen LogP contribution in [-0.4, -0.2) is 35.8 Å². The molecule has 0 aromatic heterocycles. The summed E-state index contributed by atoms with van der Waals surface area (Å²) in [6.07, 6.45) is 3.65. The standard InChI is InChI=1S/C14H27NOS/c1-13(2)6-8-17-10-12(13)15-11-5-7-16-14(3,4)9-11/h11-12,15H,5-10H2,1-4H3. The van der Waals surface area contributed by atoms with Crippen LogP contribution in [0.1, 0.15) is 47.0 Å². The SMILES string of the molecule is CC1(C)CC(NC2CSCCC2(C)C)CCO1. The van der Waals surface area contributed by atoms with Gasteiger partial charge in [0.2, 0.25) is 0 Å². The predicted molar refractivity (Wildman–Crippen MR) is 75.7 cm³/mol. The van der Waals surface area contributed by atoms with Gasteiger partial charge >= 0.3 is 0 Å². The quantitative estimate of drug-likeness (QED) is 0.821. The third kappa shape index (κ3) is 3.62. The number of nitrogens with one attached hydrogen (secondary N) is 1. The molecule has 1 N–H and O–H groups in total. The molecule has 0 aromatic carbocycles. The molecule has 0 spiro atoms. The molecule has 2 unspecified atom stereocenters. The molecular weight excluding hydrogens is 230 g/mol. The maximum absolute atomic E-state index is 5.79. The fourth-order valence-electron chi connectivity index (χ4n) is 2.87. The molecule has 2 aliphatic rings. The van der Waals surface area contributed by atoms with Crippen LogP contribution in [-0.2, 0) is 4.74 Å². The second kappa shape index (κ2) is 5.10. The van der Waals surface area contributed by atoms with Gasteiger partial charge < -0.3 is 10.1 Å². The zero-order chi connectivity index (χ0) is 12.5. The van der Waals surface area contributed by atoms with Gasteiger partial charge in [0.25, 0.3) is 0 Å². The summed E-state index contributed by atoms with van der Waals surface area (Å²) in [4.78, 5) is 0. The summed E-state index contributed by atoms with van der Waals surface area (Å²) in [5.74, 6) is 2.59. The van der Waals surface area contributed by atoms with Crippen LogP contribution >= 0.6 is 11.8 Å². The van der Waals surface area contributed by atoms with E-state index in [4.69, 9.17) is 4.74 Å². The van der Waals surface area contributed by atoms with Crippen LogP contribution in [0.15, 0.2) is 0 Å². The minimum atomic E-state index is 0.0574. The molecule has 2 saturated heterocycles. The summed E-state index contributed by atoms with van der Waals surface area (Å²) >= 11 is 2.10. The molecule has 0 radical (unpaired) electrons. The second-order valence-corrected chi connectivity index (χ2v) is 7.98. The highest BCUT2D eigenvalue weighted by Gasteiger charge is 2.36. The van der Waals surface area contributed by atoms with E-state index < -0.39 is 0 Å². The highest BCUT2D eigenvalue weighted by Crippen LogP contribution is 2.35. The summed E-state index contributed by atoms with van der Waals surface area (Å²) in [5.41, 5.74) is 0.509. The van der Waals surface area contributed by atoms with Gasteiger partial charge in [0, 0.05) is 24.4 Å². The van der Waals surface area contributed by atoms with Gasteiger partial charge in [-0.1, -0.05) is 13.8 Å². The first-order valence-electron chi connectivity index (χ1n) is 6.87. The molecule has 17 heavy (non-hydrogen) atoms. The highest BCUT2D eigenvalue weighted by molar-refractivity contribution is 7.99. The van der Waals surface area contributed by atoms with Crippen molar-refractivity contribution in [3.63, 3.8) is 0 Å². The Morgan fingerprint density at radius 3 is 2.65 bits per heavy atom. The van der Waals surface area contributed by atoms with Gasteiger partial charge in [0.15, 0.2) is 0 Å². The van der Waals surface area contributed by atoms with Crippen molar-refractivity contribution in [2.75, 3.05) is 18.1 Å². The Hall–Kier alpha value is 0.270. The molecule has 0 amide bonds. The fraction of sp³-hybridized carbons (Fsp3) is 1.00. The van der Waals surface area contributed by atoms with Crippen LogP contribution in [0.5, 0.6) is 0 Å². The number of rotatable bonds is 2. The van der Waals surface area contributed by atoms with Gasteiger partial charge in [-0.25, -0.2) is 0 Å². The van der Waals surface area contributed by atoms with Crippen molar-refractivity contribution in [2.45, 2.75) is 64.6 Å². The minimum Gasteiger partial charge on any atom is -0.375 e. The van der Waals surface area contributed by atoms with Crippen LogP contribution < -0.4 is 5.32 Å². The Kier molecular flexibility index (Phi) is 4.11. The Bertz CT molecular complexity index is 265. The van der Waals surface area contributed by atoms with E-state index in [0.717, 1.165) is 13.0 Å². The molecule has 2 aliphatic heterocycles. The molecule has 2 fully saturated rings. The summed E-state index contributed by atoms with van der Waals surface area (Å²) in [7, 11) is 0. The lowest BCUT2D eigenvalue weighted by Gasteiger charge is -2.44. The van der Waals surface area contributed by atoms with Gasteiger partial charge in [0.1, 0.15) is 0 Å². The van der Waals surface area contributed by atoms with Crippen molar-refractivity contribution < 1.29 is 4.74 Å². The van der Waals surface area contributed by atoms with Crippen LogP contribution in [0, 0.1) is 5.41 Å². The van der Waals surface area contributed by atoms with Gasteiger partial charge in [-0.3, -0.25) is 0 Å². The first-order valence-corrected chi connectivity index (χ1v) is 8.02. The van der Waals surface area contributed by atoms with E-state index in [9.17, 15) is 0 Å². The molecule has 2 heterocycles. The molecule has 2 nitrogen and oxygen atoms in total. The second-order valence-electron chi connectivity index (χ2n) is 6.83. The normalized spacial score (nSPS) is 36.7. The maximum atomic E-state index is 5.79. The van der Waals surface area contributed by atoms with E-state index in [2.05, 4.69) is 44.8 Å². The summed E-state index contributed by atoms with van der Waals surface area (Å²) < 4.78 is 5.79. The first kappa shape index (κ1) is 13.7. The van der Waals surface area contributed by atoms with Crippen LogP contribution in [0.2, 0.25) is 0 Å². The predicted octanol–water partition coefficient (Wildman–Crippen LogP) is 3.07. The van der Waals surface area contributed by atoms with E-state index >= 15 is 0 Å². The van der Waals surface area contributed by atoms with Crippen LogP contribution in [0.4, 0.5) is 0 Å². The number of ether oxygens (including phenoxy) is 1. The van der Waals surface area contributed by atoms with Crippen molar-refractivity contribution in [1.29, 1.82) is 0 Å². The summed E-state index contributed by atoms with van der Waals surface area (Å²) in [5, 5.41) is 3.90. The molecule has 0 bridgehead atoms. The molecular formula is C14H27NOS. The van der Waals surface area contributed by atoms with Crippen molar-refractivity contribution in [2.24, 2.45) is 5.41 Å². The van der Waals surface area contributed by atoms with E-state index in [1.165, 1.54) is 24.3 Å². The van der Waals surface area contributed by atoms with Crippen molar-refractivity contribution in [1.82, 2.24) is 5.32 Å². The molecule has 3 heteroatoms. The first-order chi connectivity index (χ1) is 7.89. The van der Waals surface area contributed by atoms with E-state index in [-0.39, 0.29) is 5.60 Å². The van der Waals surface area contributed by atoms with Gasteiger partial charge in [-0.2, -0.15) is 11.8 Å². The van der Waals surface area contributed by atoms with Crippen molar-refractivity contribution >= 4 is 11.8 Å². The molecule has 0 aromatic rings. The highest BCUT2D eigenvalue weighted by atomic mass is 32.2. The van der Waals surface area contributed by atoms with Crippen molar-refractivity contribution in [3.8, 4) is 0 Å². The Labute approximate surface area is 110 Å². The average molecular weight is 257 g/mol. The monoisotopic (exact) mass is 257 g/mol. The number of hydrogen-bond donors (Lipinski definition) is 1. The lowest BCUT2D eigenvalue weighted by Crippen LogP contribution is -2.54. The Morgan fingerprint density at radius 1 is 1.24 bits per heavy atom. The van der Waals surface area contributed by atoms with Gasteiger partial charge in [-0.15, -0.1) is 0 Å². The zero-order valence-electron chi connectivity index (χ0n) is 11.7. The fourth-order valence-corrected chi connectivity index (χ4v) is 4.49. The largest absolute Gasteiger partial charge is 0.375 e. The van der Waals surface area contributed by atoms with E-state index in [1.807, 2.05) is 0 Å². The summed E-state index contributed by atoms with van der Waals surface area (Å²) in [6, 6.07) is 1.31. The lowest BCUT2D eigenvalue weighted by atomic mass is 9.81. The van der Waals surface area contributed by atoms with Gasteiger partial charge in [0.05, 0.1) is 5.60 Å². The minimum absolute atomic E-state index is 0.0574. The smallest absolute Gasteiger partial charge is 0.0641 e. The summed E-state index contributed by atoms with van der Waals surface area (Å²) in [6.45, 7) is 10.2. The molecule has 0 saturated carbocycles. The third-order valence-corrected chi connectivity index (χ3v) is 5.31. The third-order valence-electron chi connectivity index (χ3n) is 4.25. The molecule has 100 valence electrons. The van der Waals surface area contributed by atoms with Gasteiger partial charge in [-0.05, 0) is 44.3 Å². The van der Waals surface area contributed by atoms with Crippen LogP contribution in [0.25, 0.3) is 0 Å².